The van der Waals surface area contributed by atoms with Crippen LogP contribution in [0.1, 0.15) is 27.2 Å². The van der Waals surface area contributed by atoms with Crippen molar-refractivity contribution in [1.82, 2.24) is 15.1 Å². The number of nitrogens with one attached hydrogen (secondary N) is 1. The molecular weight excluding hydrogens is 282 g/mol. The summed E-state index contributed by atoms with van der Waals surface area (Å²) in [5.74, 6) is 0.654. The van der Waals surface area contributed by atoms with Gasteiger partial charge in [-0.2, -0.15) is 0 Å². The molecule has 1 amide bonds. The molecule has 1 heterocycles. The highest BCUT2D eigenvalue weighted by molar-refractivity contribution is 5.78. The normalized spacial score (nSPS) is 19.8. The number of aliphatic hydroxyl groups excluding tert-OH is 1. The molecule has 22 heavy (non-hydrogen) atoms. The van der Waals surface area contributed by atoms with Crippen molar-refractivity contribution in [2.45, 2.75) is 33.3 Å². The summed E-state index contributed by atoms with van der Waals surface area (Å²) < 4.78 is 5.73. The summed E-state index contributed by atoms with van der Waals surface area (Å²) in [4.78, 5) is 16.4. The molecule has 0 saturated carbocycles. The molecule has 6 nitrogen and oxygen atoms in total. The molecule has 0 aromatic rings. The van der Waals surface area contributed by atoms with Crippen LogP contribution in [0.15, 0.2) is 0 Å². The highest BCUT2D eigenvalue weighted by Crippen LogP contribution is 2.07. The molecule has 0 aromatic heterocycles. The van der Waals surface area contributed by atoms with Crippen LogP contribution in [-0.4, -0.2) is 85.9 Å². The lowest BCUT2D eigenvalue weighted by atomic mass is 10.2. The first kappa shape index (κ1) is 19.4. The second kappa shape index (κ2) is 10.9. The van der Waals surface area contributed by atoms with Crippen LogP contribution < -0.4 is 5.32 Å². The summed E-state index contributed by atoms with van der Waals surface area (Å²) in [6.07, 6.45) is 1.05. The van der Waals surface area contributed by atoms with Crippen molar-refractivity contribution in [3.63, 3.8) is 0 Å². The Morgan fingerprint density at radius 2 is 2.23 bits per heavy atom. The molecule has 0 aromatic carbocycles. The van der Waals surface area contributed by atoms with Gasteiger partial charge >= 0.3 is 0 Å². The second-order valence-corrected chi connectivity index (χ2v) is 6.45. The van der Waals surface area contributed by atoms with Crippen LogP contribution in [0.2, 0.25) is 0 Å². The Balaban J connectivity index is 2.27. The van der Waals surface area contributed by atoms with Crippen molar-refractivity contribution < 1.29 is 14.6 Å². The fourth-order valence-electron chi connectivity index (χ4n) is 2.80. The Morgan fingerprint density at radius 3 is 2.86 bits per heavy atom. The first-order chi connectivity index (χ1) is 10.5. The van der Waals surface area contributed by atoms with E-state index in [-0.39, 0.29) is 18.6 Å². The van der Waals surface area contributed by atoms with E-state index in [4.69, 9.17) is 9.84 Å². The number of morpholine rings is 1. The van der Waals surface area contributed by atoms with Gasteiger partial charge in [0.1, 0.15) is 0 Å². The predicted octanol–water partition coefficient (Wildman–Crippen LogP) is 0.164. The van der Waals surface area contributed by atoms with Crippen LogP contribution >= 0.6 is 0 Å². The predicted molar refractivity (Wildman–Crippen MR) is 87.8 cm³/mol. The quantitative estimate of drug-likeness (QED) is 0.601. The van der Waals surface area contributed by atoms with Crippen LogP contribution in [0.5, 0.6) is 0 Å². The van der Waals surface area contributed by atoms with E-state index in [1.807, 2.05) is 4.90 Å². The summed E-state index contributed by atoms with van der Waals surface area (Å²) in [5, 5.41) is 12.0. The number of carbonyl (C=O) groups excluding carboxylic acids is 1. The van der Waals surface area contributed by atoms with E-state index in [0.717, 1.165) is 39.2 Å². The molecule has 1 atom stereocenters. The Bertz CT molecular complexity index is 307. The van der Waals surface area contributed by atoms with Crippen LogP contribution in [0.3, 0.4) is 0 Å². The lowest BCUT2D eigenvalue weighted by Crippen LogP contribution is -2.49. The fraction of sp³-hybridized carbons (Fsp3) is 0.938. The number of carbonyl (C=O) groups is 1. The molecule has 0 aliphatic carbocycles. The maximum absolute atomic E-state index is 12.0. The van der Waals surface area contributed by atoms with Crippen LogP contribution in [0, 0.1) is 5.92 Å². The summed E-state index contributed by atoms with van der Waals surface area (Å²) in [7, 11) is 0. The number of hydrogen-bond acceptors (Lipinski definition) is 5. The smallest absolute Gasteiger partial charge is 0.234 e. The van der Waals surface area contributed by atoms with Crippen molar-refractivity contribution >= 4 is 5.91 Å². The fourth-order valence-corrected chi connectivity index (χ4v) is 2.80. The van der Waals surface area contributed by atoms with Crippen molar-refractivity contribution in [2.24, 2.45) is 5.92 Å². The summed E-state index contributed by atoms with van der Waals surface area (Å²) >= 11 is 0. The third kappa shape index (κ3) is 8.08. The van der Waals surface area contributed by atoms with Gasteiger partial charge in [0.05, 0.1) is 25.9 Å². The summed E-state index contributed by atoms with van der Waals surface area (Å²) in [5.41, 5.74) is 0. The summed E-state index contributed by atoms with van der Waals surface area (Å²) in [6.45, 7) is 12.5. The minimum Gasteiger partial charge on any atom is -0.395 e. The molecule has 0 bridgehead atoms. The van der Waals surface area contributed by atoms with Crippen LogP contribution in [-0.2, 0) is 9.53 Å². The van der Waals surface area contributed by atoms with Gasteiger partial charge in [0, 0.05) is 32.7 Å². The van der Waals surface area contributed by atoms with E-state index in [1.165, 1.54) is 0 Å². The van der Waals surface area contributed by atoms with E-state index < -0.39 is 0 Å². The number of rotatable bonds is 10. The zero-order chi connectivity index (χ0) is 16.4. The van der Waals surface area contributed by atoms with Gasteiger partial charge in [0.25, 0.3) is 0 Å². The van der Waals surface area contributed by atoms with Crippen molar-refractivity contribution in [3.05, 3.63) is 0 Å². The number of ether oxygens (including phenoxy) is 1. The van der Waals surface area contributed by atoms with Gasteiger partial charge in [-0.25, -0.2) is 0 Å². The van der Waals surface area contributed by atoms with E-state index in [2.05, 4.69) is 31.0 Å². The average molecular weight is 315 g/mol. The molecule has 1 saturated heterocycles. The largest absolute Gasteiger partial charge is 0.395 e. The van der Waals surface area contributed by atoms with Gasteiger partial charge in [-0.3, -0.25) is 14.6 Å². The second-order valence-electron chi connectivity index (χ2n) is 6.45. The standard InChI is InChI=1S/C16H33N3O3/c1-4-5-18(6-8-20)13-16(21)17-10-15-12-19(7-9-22-15)11-14(2)3/h14-15,20H,4-13H2,1-3H3,(H,17,21)/t15-/m0/s1. The minimum atomic E-state index is 0.00600. The molecule has 0 radical (unpaired) electrons. The van der Waals surface area contributed by atoms with E-state index >= 15 is 0 Å². The van der Waals surface area contributed by atoms with Gasteiger partial charge in [0.2, 0.25) is 5.91 Å². The van der Waals surface area contributed by atoms with Gasteiger partial charge in [-0.05, 0) is 18.9 Å². The Hall–Kier alpha value is -0.690. The molecular formula is C16H33N3O3. The molecule has 1 rings (SSSR count). The average Bonchev–Trinajstić information content (AvgIpc) is 2.45. The molecule has 0 spiro atoms. The molecule has 130 valence electrons. The highest BCUT2D eigenvalue weighted by Gasteiger charge is 2.21. The number of aliphatic hydroxyl groups is 1. The Labute approximate surface area is 134 Å². The first-order valence-electron chi connectivity index (χ1n) is 8.49. The van der Waals surface area contributed by atoms with Crippen molar-refractivity contribution in [3.8, 4) is 0 Å². The van der Waals surface area contributed by atoms with E-state index in [0.29, 0.717) is 25.6 Å². The molecule has 1 aliphatic rings. The van der Waals surface area contributed by atoms with Crippen molar-refractivity contribution in [2.75, 3.05) is 59.0 Å². The minimum absolute atomic E-state index is 0.00600. The Morgan fingerprint density at radius 1 is 1.45 bits per heavy atom. The van der Waals surface area contributed by atoms with E-state index in [9.17, 15) is 4.79 Å². The zero-order valence-corrected chi connectivity index (χ0v) is 14.4. The molecule has 1 aliphatic heterocycles. The maximum atomic E-state index is 12.0. The molecule has 6 heteroatoms. The van der Waals surface area contributed by atoms with Crippen LogP contribution in [0.25, 0.3) is 0 Å². The molecule has 0 unspecified atom stereocenters. The van der Waals surface area contributed by atoms with Crippen LogP contribution in [0.4, 0.5) is 0 Å². The van der Waals surface area contributed by atoms with E-state index in [1.54, 1.807) is 0 Å². The van der Waals surface area contributed by atoms with Gasteiger partial charge < -0.3 is 15.2 Å². The lowest BCUT2D eigenvalue weighted by Gasteiger charge is -2.34. The maximum Gasteiger partial charge on any atom is 0.234 e. The first-order valence-corrected chi connectivity index (χ1v) is 8.49. The molecule has 2 N–H and O–H groups in total. The zero-order valence-electron chi connectivity index (χ0n) is 14.4. The Kier molecular flexibility index (Phi) is 9.63. The third-order valence-electron chi connectivity index (χ3n) is 3.70. The monoisotopic (exact) mass is 315 g/mol. The SMILES string of the molecule is CCCN(CCO)CC(=O)NC[C@H]1CN(CC(C)C)CCO1. The molecule has 1 fully saturated rings. The van der Waals surface area contributed by atoms with Gasteiger partial charge in [-0.1, -0.05) is 20.8 Å². The summed E-state index contributed by atoms with van der Waals surface area (Å²) in [6, 6.07) is 0. The highest BCUT2D eigenvalue weighted by atomic mass is 16.5. The van der Waals surface area contributed by atoms with Gasteiger partial charge in [-0.15, -0.1) is 0 Å². The number of hydrogen-bond donors (Lipinski definition) is 2. The third-order valence-corrected chi connectivity index (χ3v) is 3.70. The lowest BCUT2D eigenvalue weighted by molar-refractivity contribution is -0.123. The van der Waals surface area contributed by atoms with Crippen molar-refractivity contribution in [1.29, 1.82) is 0 Å². The number of amides is 1. The van der Waals surface area contributed by atoms with Gasteiger partial charge in [0.15, 0.2) is 0 Å². The topological polar surface area (TPSA) is 65.0 Å². The number of nitrogens with zero attached hydrogens (tertiary/aromatic N) is 2.